The molecule has 6 heteroatoms. The lowest BCUT2D eigenvalue weighted by atomic mass is 10.1. The number of carbonyl (C=O) groups is 1. The number of amides is 1. The summed E-state index contributed by atoms with van der Waals surface area (Å²) in [4.78, 5) is 16.1. The van der Waals surface area contributed by atoms with E-state index in [1.54, 1.807) is 6.92 Å². The molecule has 1 aromatic rings. The lowest BCUT2D eigenvalue weighted by Gasteiger charge is -2.09. The van der Waals surface area contributed by atoms with Crippen LogP contribution in [0.15, 0.2) is 23.8 Å². The van der Waals surface area contributed by atoms with Gasteiger partial charge in [0, 0.05) is 18.1 Å². The van der Waals surface area contributed by atoms with Gasteiger partial charge in [-0.05, 0) is 25.1 Å². The average molecular weight is 254 g/mol. The van der Waals surface area contributed by atoms with Gasteiger partial charge in [-0.15, -0.1) is 0 Å². The average Bonchev–Trinajstić information content (AvgIpc) is 2.64. The van der Waals surface area contributed by atoms with E-state index in [1.165, 1.54) is 13.0 Å². The third-order valence-electron chi connectivity index (χ3n) is 2.61. The number of rotatable bonds is 2. The maximum Gasteiger partial charge on any atom is 0.219 e. The molecule has 0 saturated heterocycles. The van der Waals surface area contributed by atoms with Crippen LogP contribution in [0.5, 0.6) is 0 Å². The molecule has 1 amide bonds. The molecule has 1 unspecified atom stereocenters. The van der Waals surface area contributed by atoms with Crippen LogP contribution in [0.1, 0.15) is 19.4 Å². The van der Waals surface area contributed by atoms with Gasteiger partial charge >= 0.3 is 0 Å². The molecule has 1 aromatic carbocycles. The highest BCUT2D eigenvalue weighted by atomic mass is 19.2. The van der Waals surface area contributed by atoms with Crippen molar-refractivity contribution in [2.75, 3.05) is 0 Å². The van der Waals surface area contributed by atoms with E-state index in [9.17, 15) is 13.6 Å². The molecule has 4 nitrogen and oxygen atoms in total. The molecule has 18 heavy (non-hydrogen) atoms. The summed E-state index contributed by atoms with van der Waals surface area (Å²) in [6.45, 7) is 3.10. The Balaban J connectivity index is 2.30. The third-order valence-corrected chi connectivity index (χ3v) is 2.61. The Bertz CT molecular complexity index is 529. The molecule has 0 saturated carbocycles. The topological polar surface area (TPSA) is 50.4 Å². The van der Waals surface area contributed by atoms with E-state index in [-0.39, 0.29) is 5.91 Å². The fourth-order valence-electron chi connectivity index (χ4n) is 1.68. The number of halogens is 2. The molecule has 96 valence electrons. The fourth-order valence-corrected chi connectivity index (χ4v) is 1.68. The predicted octanol–water partition coefficient (Wildman–Crippen LogP) is 1.69. The van der Waals surface area contributed by atoms with E-state index in [0.717, 1.165) is 12.1 Å². The summed E-state index contributed by atoms with van der Waals surface area (Å²) in [5, 5.41) is 2.57. The third kappa shape index (κ3) is 2.33. The Morgan fingerprint density at radius 3 is 2.72 bits per heavy atom. The number of carbonyl (C=O) groups excluding carboxylic acids is 1. The second-order valence-corrected chi connectivity index (χ2v) is 3.99. The van der Waals surface area contributed by atoms with E-state index < -0.39 is 17.9 Å². The molecular formula is C12H12F2N2O2. The molecule has 1 heterocycles. The van der Waals surface area contributed by atoms with Crippen LogP contribution in [0, 0.1) is 11.6 Å². The number of nitrogens with one attached hydrogen (secondary N) is 2. The van der Waals surface area contributed by atoms with E-state index in [1.807, 2.05) is 0 Å². The summed E-state index contributed by atoms with van der Waals surface area (Å²) in [5.74, 6) is -2.08. The van der Waals surface area contributed by atoms with Crippen LogP contribution in [0.25, 0.3) is 5.70 Å². The van der Waals surface area contributed by atoms with Crippen molar-refractivity contribution >= 4 is 11.6 Å². The first-order valence-electron chi connectivity index (χ1n) is 5.34. The van der Waals surface area contributed by atoms with Crippen LogP contribution >= 0.6 is 0 Å². The highest BCUT2D eigenvalue weighted by molar-refractivity contribution is 5.75. The summed E-state index contributed by atoms with van der Waals surface area (Å²) in [7, 11) is 0. The predicted molar refractivity (Wildman–Crippen MR) is 60.8 cm³/mol. The Morgan fingerprint density at radius 2 is 2.11 bits per heavy atom. The van der Waals surface area contributed by atoms with Crippen molar-refractivity contribution in [2.45, 2.75) is 20.1 Å². The zero-order valence-electron chi connectivity index (χ0n) is 9.88. The van der Waals surface area contributed by atoms with Crippen molar-refractivity contribution in [2.24, 2.45) is 0 Å². The largest absolute Gasteiger partial charge is 0.325 e. The molecule has 2 rings (SSSR count). The van der Waals surface area contributed by atoms with Crippen molar-refractivity contribution in [3.63, 3.8) is 0 Å². The molecule has 0 spiro atoms. The van der Waals surface area contributed by atoms with Gasteiger partial charge in [0.15, 0.2) is 17.9 Å². The van der Waals surface area contributed by atoms with E-state index in [4.69, 9.17) is 4.84 Å². The van der Waals surface area contributed by atoms with Crippen LogP contribution in [0.4, 0.5) is 8.78 Å². The maximum absolute atomic E-state index is 13.1. The second-order valence-electron chi connectivity index (χ2n) is 3.99. The minimum absolute atomic E-state index is 0.243. The SMILES string of the molecule is CC(=O)NC1ONC(c2ccc(F)c(F)c2)=C1C. The Hall–Kier alpha value is -1.95. The Morgan fingerprint density at radius 1 is 1.39 bits per heavy atom. The van der Waals surface area contributed by atoms with Crippen LogP contribution in [-0.4, -0.2) is 12.1 Å². The van der Waals surface area contributed by atoms with Gasteiger partial charge in [-0.2, -0.15) is 0 Å². The molecule has 0 aliphatic carbocycles. The molecule has 1 aliphatic rings. The molecule has 0 radical (unpaired) electrons. The summed E-state index contributed by atoms with van der Waals surface area (Å²) in [6.07, 6.45) is -0.606. The summed E-state index contributed by atoms with van der Waals surface area (Å²) in [6, 6.07) is 3.54. The molecule has 2 N–H and O–H groups in total. The van der Waals surface area contributed by atoms with Crippen molar-refractivity contribution in [1.82, 2.24) is 10.8 Å². The van der Waals surface area contributed by atoms with Gasteiger partial charge in [-0.1, -0.05) is 0 Å². The van der Waals surface area contributed by atoms with Crippen molar-refractivity contribution in [3.05, 3.63) is 41.0 Å². The normalized spacial score (nSPS) is 18.8. The first kappa shape index (κ1) is 12.5. The second kappa shape index (κ2) is 4.73. The Kier molecular flexibility index (Phi) is 3.29. The van der Waals surface area contributed by atoms with Gasteiger partial charge in [0.2, 0.25) is 5.91 Å². The summed E-state index contributed by atoms with van der Waals surface area (Å²) in [5.41, 5.74) is 4.27. The number of benzene rings is 1. The van der Waals surface area contributed by atoms with Gasteiger partial charge in [-0.3, -0.25) is 10.3 Å². The monoisotopic (exact) mass is 254 g/mol. The maximum atomic E-state index is 13.1. The van der Waals surface area contributed by atoms with E-state index >= 15 is 0 Å². The zero-order chi connectivity index (χ0) is 13.3. The molecule has 0 bridgehead atoms. The quantitative estimate of drug-likeness (QED) is 0.844. The lowest BCUT2D eigenvalue weighted by Crippen LogP contribution is -2.34. The molecular weight excluding hydrogens is 242 g/mol. The Labute approximate surface area is 103 Å². The standard InChI is InChI=1S/C12H12F2N2O2/c1-6-11(16-18-12(6)15-7(2)17)8-3-4-9(13)10(14)5-8/h3-5,12,16H,1-2H3,(H,15,17). The first-order valence-corrected chi connectivity index (χ1v) is 5.34. The van der Waals surface area contributed by atoms with Gasteiger partial charge < -0.3 is 5.32 Å². The van der Waals surface area contributed by atoms with Gasteiger partial charge in [-0.25, -0.2) is 13.6 Å². The molecule has 1 aliphatic heterocycles. The van der Waals surface area contributed by atoms with E-state index in [2.05, 4.69) is 10.8 Å². The summed E-state index contributed by atoms with van der Waals surface area (Å²) >= 11 is 0. The van der Waals surface area contributed by atoms with Crippen LogP contribution in [0.3, 0.4) is 0 Å². The van der Waals surface area contributed by atoms with Crippen molar-refractivity contribution in [1.29, 1.82) is 0 Å². The minimum atomic E-state index is -0.933. The van der Waals surface area contributed by atoms with Crippen LogP contribution in [0.2, 0.25) is 0 Å². The highest BCUT2D eigenvalue weighted by Gasteiger charge is 2.25. The highest BCUT2D eigenvalue weighted by Crippen LogP contribution is 2.25. The minimum Gasteiger partial charge on any atom is -0.325 e. The van der Waals surface area contributed by atoms with Gasteiger partial charge in [0.05, 0.1) is 5.70 Å². The van der Waals surface area contributed by atoms with Crippen LogP contribution < -0.4 is 10.8 Å². The number of hydrogen-bond donors (Lipinski definition) is 2. The summed E-state index contributed by atoms with van der Waals surface area (Å²) < 4.78 is 26.0. The smallest absolute Gasteiger partial charge is 0.219 e. The molecule has 1 atom stereocenters. The number of hydrogen-bond acceptors (Lipinski definition) is 3. The molecule has 0 aromatic heterocycles. The first-order chi connectivity index (χ1) is 8.49. The molecule has 0 fully saturated rings. The number of hydroxylamine groups is 1. The zero-order valence-corrected chi connectivity index (χ0v) is 9.88. The van der Waals surface area contributed by atoms with Crippen LogP contribution in [-0.2, 0) is 9.63 Å². The van der Waals surface area contributed by atoms with Crippen molar-refractivity contribution < 1.29 is 18.4 Å². The lowest BCUT2D eigenvalue weighted by molar-refractivity contribution is -0.122. The van der Waals surface area contributed by atoms with Gasteiger partial charge in [0.25, 0.3) is 0 Å². The van der Waals surface area contributed by atoms with Crippen molar-refractivity contribution in [3.8, 4) is 0 Å². The van der Waals surface area contributed by atoms with Gasteiger partial charge in [0.1, 0.15) is 0 Å². The fraction of sp³-hybridized carbons (Fsp3) is 0.250. The van der Waals surface area contributed by atoms with E-state index in [0.29, 0.717) is 16.8 Å².